The lowest BCUT2D eigenvalue weighted by Crippen LogP contribution is -2.21. The van der Waals surface area contributed by atoms with Crippen LogP contribution < -0.4 is 15.9 Å². The Morgan fingerprint density at radius 2 is 1.07 bits per heavy atom. The van der Waals surface area contributed by atoms with Crippen LogP contribution >= 0.6 is 7.92 Å². The summed E-state index contributed by atoms with van der Waals surface area (Å²) in [4.78, 5) is 0.772. The quantitative estimate of drug-likeness (QED) is 0.175. The van der Waals surface area contributed by atoms with Crippen molar-refractivity contribution in [2.75, 3.05) is 5.75 Å². The molecule has 0 fully saturated rings. The summed E-state index contributed by atoms with van der Waals surface area (Å²) in [5, 5.41) is 5.96. The second-order valence-electron chi connectivity index (χ2n) is 9.64. The third kappa shape index (κ3) is 5.63. The molecule has 0 saturated heterocycles. The van der Waals surface area contributed by atoms with E-state index in [1.165, 1.54) is 15.9 Å². The minimum absolute atomic E-state index is 0.450. The predicted octanol–water partition coefficient (Wildman–Crippen LogP) is 8.00. The predicted molar refractivity (Wildman–Crippen MR) is 173 cm³/mol. The van der Waals surface area contributed by atoms with Crippen LogP contribution in [0.2, 0.25) is 0 Å². The standard InChI is InChI=1S/C36H30NOPS/c38-40(33-23-11-4-12-24-33,28-27-29-15-5-1-6-16-29)37-34-25-13-17-30-18-14-26-35(36(30)34)39(31-19-7-2-8-20-31)32-21-9-3-10-22-32/h1-26H,27-28H2. The fourth-order valence-corrected chi connectivity index (χ4v) is 9.55. The molecule has 0 saturated carbocycles. The highest BCUT2D eigenvalue weighted by molar-refractivity contribution is 7.93. The molecule has 0 N–H and O–H groups in total. The molecule has 0 bridgehead atoms. The average molecular weight is 556 g/mol. The molecule has 1 unspecified atom stereocenters. The van der Waals surface area contributed by atoms with Crippen molar-refractivity contribution in [3.05, 3.63) is 163 Å². The summed E-state index contributed by atoms with van der Waals surface area (Å²) in [7, 11) is -3.60. The molecule has 0 aliphatic heterocycles. The van der Waals surface area contributed by atoms with Gasteiger partial charge in [0.2, 0.25) is 0 Å². The van der Waals surface area contributed by atoms with Gasteiger partial charge < -0.3 is 0 Å². The molecular weight excluding hydrogens is 525 g/mol. The van der Waals surface area contributed by atoms with Crippen LogP contribution in [-0.2, 0) is 16.1 Å². The van der Waals surface area contributed by atoms with Gasteiger partial charge in [0.25, 0.3) is 0 Å². The van der Waals surface area contributed by atoms with Gasteiger partial charge in [0, 0.05) is 16.0 Å². The molecule has 0 amide bonds. The number of aryl methyl sites for hydroxylation is 1. The lowest BCUT2D eigenvalue weighted by Gasteiger charge is -2.22. The molecule has 6 rings (SSSR count). The van der Waals surface area contributed by atoms with Crippen molar-refractivity contribution in [2.45, 2.75) is 11.3 Å². The van der Waals surface area contributed by atoms with Crippen LogP contribution in [0.5, 0.6) is 0 Å². The summed E-state index contributed by atoms with van der Waals surface area (Å²) in [6.45, 7) is 0. The Morgan fingerprint density at radius 3 is 1.68 bits per heavy atom. The Bertz CT molecular complexity index is 1790. The summed E-state index contributed by atoms with van der Waals surface area (Å²) < 4.78 is 20.0. The van der Waals surface area contributed by atoms with E-state index in [9.17, 15) is 4.21 Å². The monoisotopic (exact) mass is 555 g/mol. The van der Waals surface area contributed by atoms with Gasteiger partial charge in [-0.05, 0) is 59.4 Å². The van der Waals surface area contributed by atoms with Crippen molar-refractivity contribution in [1.82, 2.24) is 0 Å². The van der Waals surface area contributed by atoms with Crippen molar-refractivity contribution in [1.29, 1.82) is 0 Å². The average Bonchev–Trinajstić information content (AvgIpc) is 3.02. The van der Waals surface area contributed by atoms with Gasteiger partial charge in [-0.15, -0.1) is 0 Å². The molecule has 1 atom stereocenters. The molecule has 4 heteroatoms. The minimum Gasteiger partial charge on any atom is -0.244 e. The van der Waals surface area contributed by atoms with E-state index >= 15 is 0 Å². The van der Waals surface area contributed by atoms with Crippen molar-refractivity contribution in [3.8, 4) is 0 Å². The maximum Gasteiger partial charge on any atom is 0.0818 e. The van der Waals surface area contributed by atoms with E-state index in [2.05, 4.69) is 97.1 Å². The Morgan fingerprint density at radius 1 is 0.550 bits per heavy atom. The van der Waals surface area contributed by atoms with Crippen LogP contribution in [0.25, 0.3) is 10.8 Å². The van der Waals surface area contributed by atoms with Gasteiger partial charge in [0.1, 0.15) is 0 Å². The normalized spacial score (nSPS) is 12.7. The molecule has 2 nitrogen and oxygen atoms in total. The molecule has 0 aromatic heterocycles. The number of hydrogen-bond acceptors (Lipinski definition) is 2. The van der Waals surface area contributed by atoms with E-state index in [1.807, 2.05) is 60.7 Å². The second kappa shape index (κ2) is 12.0. The Kier molecular flexibility index (Phi) is 7.86. The smallest absolute Gasteiger partial charge is 0.0818 e. The zero-order valence-electron chi connectivity index (χ0n) is 22.1. The van der Waals surface area contributed by atoms with Crippen LogP contribution in [0.15, 0.2) is 167 Å². The van der Waals surface area contributed by atoms with Gasteiger partial charge in [-0.1, -0.05) is 140 Å². The lowest BCUT2D eigenvalue weighted by molar-refractivity contribution is 0.676. The fraction of sp³-hybridized carbons (Fsp3) is 0.0556. The number of benzene rings is 6. The Balaban J connectivity index is 1.57. The summed E-state index contributed by atoms with van der Waals surface area (Å²) in [5.41, 5.74) is 1.95. The number of rotatable bonds is 8. The first-order valence-electron chi connectivity index (χ1n) is 13.5. The van der Waals surface area contributed by atoms with Crippen LogP contribution in [-0.4, -0.2) is 9.96 Å². The maximum atomic E-state index is 14.8. The molecule has 0 aliphatic carbocycles. The second-order valence-corrected chi connectivity index (χ2v) is 14.2. The van der Waals surface area contributed by atoms with Gasteiger partial charge in [-0.25, -0.2) is 4.21 Å². The molecule has 0 spiro atoms. The fourth-order valence-electron chi connectivity index (χ4n) is 5.05. The van der Waals surface area contributed by atoms with Gasteiger partial charge in [-0.2, -0.15) is 4.36 Å². The summed E-state index contributed by atoms with van der Waals surface area (Å²) >= 11 is 0. The zero-order chi connectivity index (χ0) is 27.2. The Labute approximate surface area is 238 Å². The van der Waals surface area contributed by atoms with Crippen molar-refractivity contribution < 1.29 is 4.21 Å². The van der Waals surface area contributed by atoms with Crippen molar-refractivity contribution >= 4 is 50.0 Å². The minimum atomic E-state index is -2.75. The van der Waals surface area contributed by atoms with Gasteiger partial charge in [0.05, 0.1) is 15.4 Å². The first-order chi connectivity index (χ1) is 19.7. The molecule has 0 radical (unpaired) electrons. The summed E-state index contributed by atoms with van der Waals surface area (Å²) in [6.07, 6.45) is 0.691. The lowest BCUT2D eigenvalue weighted by atomic mass is 10.1. The molecule has 6 aromatic rings. The summed E-state index contributed by atoms with van der Waals surface area (Å²) in [5.74, 6) is 0.450. The molecule has 196 valence electrons. The first kappa shape index (κ1) is 26.2. The van der Waals surface area contributed by atoms with Crippen LogP contribution in [0, 0.1) is 0 Å². The van der Waals surface area contributed by atoms with Crippen LogP contribution in [0.1, 0.15) is 5.56 Å². The van der Waals surface area contributed by atoms with Crippen molar-refractivity contribution in [3.63, 3.8) is 0 Å². The van der Waals surface area contributed by atoms with Crippen molar-refractivity contribution in [2.24, 2.45) is 4.36 Å². The highest BCUT2D eigenvalue weighted by Gasteiger charge is 2.21. The maximum absolute atomic E-state index is 14.8. The van der Waals surface area contributed by atoms with Gasteiger partial charge in [-0.3, -0.25) is 0 Å². The largest absolute Gasteiger partial charge is 0.244 e. The highest BCUT2D eigenvalue weighted by atomic mass is 32.2. The van der Waals surface area contributed by atoms with E-state index in [4.69, 9.17) is 4.36 Å². The number of hydrogen-bond donors (Lipinski definition) is 0. The Hall–Kier alpha value is -4.04. The van der Waals surface area contributed by atoms with Crippen LogP contribution in [0.4, 0.5) is 5.69 Å². The molecular formula is C36H30NOPS. The molecule has 0 heterocycles. The van der Waals surface area contributed by atoms with E-state index in [0.717, 1.165) is 26.9 Å². The topological polar surface area (TPSA) is 29.4 Å². The molecule has 40 heavy (non-hydrogen) atoms. The SMILES string of the molecule is O=S(CCc1ccccc1)(=Nc1cccc2cccc(P(c3ccccc3)c3ccccc3)c12)c1ccccc1. The van der Waals surface area contributed by atoms with E-state index in [0.29, 0.717) is 12.2 Å². The van der Waals surface area contributed by atoms with Gasteiger partial charge in [0.15, 0.2) is 0 Å². The highest BCUT2D eigenvalue weighted by Crippen LogP contribution is 2.39. The third-order valence-electron chi connectivity index (χ3n) is 7.00. The number of fused-ring (bicyclic) bond motifs is 1. The third-order valence-corrected chi connectivity index (χ3v) is 11.7. The zero-order valence-corrected chi connectivity index (χ0v) is 23.8. The van der Waals surface area contributed by atoms with Gasteiger partial charge >= 0.3 is 0 Å². The molecule has 6 aromatic carbocycles. The van der Waals surface area contributed by atoms with E-state index in [1.54, 1.807) is 0 Å². The first-order valence-corrected chi connectivity index (χ1v) is 16.5. The number of nitrogens with zero attached hydrogens (tertiary/aromatic N) is 1. The molecule has 0 aliphatic rings. The summed E-state index contributed by atoms with van der Waals surface area (Å²) in [6, 6.07) is 54.1. The van der Waals surface area contributed by atoms with Crippen LogP contribution in [0.3, 0.4) is 0 Å². The van der Waals surface area contributed by atoms with E-state index in [-0.39, 0.29) is 0 Å². The van der Waals surface area contributed by atoms with E-state index < -0.39 is 17.7 Å².